The highest BCUT2D eigenvalue weighted by atomic mass is 19.1. The topological polar surface area (TPSA) is 72.7 Å². The Morgan fingerprint density at radius 2 is 1.88 bits per heavy atom. The largest absolute Gasteiger partial charge is 0.350 e. The van der Waals surface area contributed by atoms with Gasteiger partial charge in [0.15, 0.2) is 0 Å². The predicted molar refractivity (Wildman–Crippen MR) is 85.2 cm³/mol. The van der Waals surface area contributed by atoms with E-state index in [9.17, 15) is 9.18 Å². The molecule has 0 fully saturated rings. The third-order valence-corrected chi connectivity index (χ3v) is 3.67. The van der Waals surface area contributed by atoms with Gasteiger partial charge in [-0.3, -0.25) is 4.79 Å². The van der Waals surface area contributed by atoms with Crippen molar-refractivity contribution in [2.24, 2.45) is 0 Å². The fourth-order valence-corrected chi connectivity index (χ4v) is 2.40. The quantitative estimate of drug-likeness (QED) is 0.751. The minimum absolute atomic E-state index is 0.110. The number of carbonyl (C=O) groups is 1. The van der Waals surface area contributed by atoms with Gasteiger partial charge in [0, 0.05) is 18.5 Å². The van der Waals surface area contributed by atoms with Crippen LogP contribution in [0.25, 0.3) is 0 Å². The minimum atomic E-state index is -0.603. The summed E-state index contributed by atoms with van der Waals surface area (Å²) in [5.41, 5.74) is 1.42. The number of benzene rings is 2. The zero-order valence-corrected chi connectivity index (χ0v) is 12.8. The lowest BCUT2D eigenvalue weighted by molar-refractivity contribution is -0.124. The molecule has 1 amide bonds. The highest BCUT2D eigenvalue weighted by Crippen LogP contribution is 2.14. The highest BCUT2D eigenvalue weighted by molar-refractivity contribution is 5.80. The first kappa shape index (κ1) is 15.8. The number of tetrazole rings is 1. The van der Waals surface area contributed by atoms with Gasteiger partial charge in [-0.2, -0.15) is 0 Å². The molecule has 3 aromatic rings. The average Bonchev–Trinajstić information content (AvgIpc) is 3.14. The Kier molecular flexibility index (Phi) is 4.90. The molecule has 1 aromatic heterocycles. The molecule has 7 heteroatoms. The van der Waals surface area contributed by atoms with Crippen LogP contribution in [0.15, 0.2) is 60.9 Å². The molecule has 122 valence electrons. The average molecular weight is 325 g/mol. The van der Waals surface area contributed by atoms with Crippen molar-refractivity contribution in [3.05, 3.63) is 77.9 Å². The molecule has 1 N–H and O–H groups in total. The lowest BCUT2D eigenvalue weighted by Crippen LogP contribution is -2.34. The Morgan fingerprint density at radius 3 is 2.58 bits per heavy atom. The SMILES string of the molecule is O=C(NCc1ccccc1F)C(Cc1ccccc1)n1cnnn1. The molecule has 0 saturated heterocycles. The summed E-state index contributed by atoms with van der Waals surface area (Å²) in [6.07, 6.45) is 1.84. The zero-order chi connectivity index (χ0) is 16.8. The van der Waals surface area contributed by atoms with E-state index < -0.39 is 6.04 Å². The summed E-state index contributed by atoms with van der Waals surface area (Å²) in [5.74, 6) is -0.616. The molecule has 3 rings (SSSR count). The molecule has 2 aromatic carbocycles. The van der Waals surface area contributed by atoms with Crippen LogP contribution in [0.3, 0.4) is 0 Å². The molecule has 0 aliphatic rings. The van der Waals surface area contributed by atoms with Crippen molar-refractivity contribution in [2.75, 3.05) is 0 Å². The number of hydrogen-bond donors (Lipinski definition) is 1. The van der Waals surface area contributed by atoms with Gasteiger partial charge in [0.05, 0.1) is 0 Å². The van der Waals surface area contributed by atoms with Crippen molar-refractivity contribution in [3.8, 4) is 0 Å². The van der Waals surface area contributed by atoms with Gasteiger partial charge in [0.25, 0.3) is 0 Å². The smallest absolute Gasteiger partial charge is 0.245 e. The summed E-state index contributed by atoms with van der Waals surface area (Å²) in [6, 6.07) is 15.3. The van der Waals surface area contributed by atoms with Crippen LogP contribution >= 0.6 is 0 Å². The van der Waals surface area contributed by atoms with Crippen molar-refractivity contribution in [1.82, 2.24) is 25.5 Å². The third-order valence-electron chi connectivity index (χ3n) is 3.67. The van der Waals surface area contributed by atoms with E-state index in [1.54, 1.807) is 18.2 Å². The van der Waals surface area contributed by atoms with E-state index in [0.29, 0.717) is 12.0 Å². The normalized spacial score (nSPS) is 11.9. The van der Waals surface area contributed by atoms with Crippen LogP contribution in [0.4, 0.5) is 4.39 Å². The minimum Gasteiger partial charge on any atom is -0.350 e. The summed E-state index contributed by atoms with van der Waals surface area (Å²) >= 11 is 0. The van der Waals surface area contributed by atoms with Crippen LogP contribution in [0, 0.1) is 5.82 Å². The zero-order valence-electron chi connectivity index (χ0n) is 12.8. The third kappa shape index (κ3) is 3.81. The van der Waals surface area contributed by atoms with Gasteiger partial charge in [0.1, 0.15) is 18.2 Å². The van der Waals surface area contributed by atoms with Crippen molar-refractivity contribution in [2.45, 2.75) is 19.0 Å². The second kappa shape index (κ2) is 7.45. The first-order valence-electron chi connectivity index (χ1n) is 7.51. The molecule has 0 bridgehead atoms. The Bertz CT molecular complexity index is 792. The summed E-state index contributed by atoms with van der Waals surface area (Å²) < 4.78 is 15.1. The van der Waals surface area contributed by atoms with Crippen molar-refractivity contribution >= 4 is 5.91 Å². The van der Waals surface area contributed by atoms with E-state index in [1.165, 1.54) is 17.1 Å². The number of aromatic nitrogens is 4. The number of halogens is 1. The number of rotatable bonds is 6. The van der Waals surface area contributed by atoms with Crippen LogP contribution in [-0.2, 0) is 17.8 Å². The fraction of sp³-hybridized carbons (Fsp3) is 0.176. The van der Waals surface area contributed by atoms with Gasteiger partial charge in [0.2, 0.25) is 5.91 Å². The number of hydrogen-bond acceptors (Lipinski definition) is 4. The van der Waals surface area contributed by atoms with Crippen molar-refractivity contribution < 1.29 is 9.18 Å². The van der Waals surface area contributed by atoms with Gasteiger partial charge in [-0.15, -0.1) is 5.10 Å². The first-order valence-corrected chi connectivity index (χ1v) is 7.51. The number of carbonyl (C=O) groups excluding carboxylic acids is 1. The highest BCUT2D eigenvalue weighted by Gasteiger charge is 2.22. The molecule has 24 heavy (non-hydrogen) atoms. The molecule has 6 nitrogen and oxygen atoms in total. The second-order valence-electron chi connectivity index (χ2n) is 5.30. The van der Waals surface area contributed by atoms with Crippen LogP contribution < -0.4 is 5.32 Å². The first-order chi connectivity index (χ1) is 11.7. The molecule has 1 heterocycles. The van der Waals surface area contributed by atoms with Gasteiger partial charge in [-0.1, -0.05) is 48.5 Å². The van der Waals surface area contributed by atoms with Gasteiger partial charge < -0.3 is 5.32 Å². The molecule has 1 atom stereocenters. The van der Waals surface area contributed by atoms with Gasteiger partial charge in [-0.25, -0.2) is 9.07 Å². The number of amides is 1. The van der Waals surface area contributed by atoms with Crippen LogP contribution in [0.2, 0.25) is 0 Å². The Labute approximate surface area is 138 Å². The second-order valence-corrected chi connectivity index (χ2v) is 5.30. The van der Waals surface area contributed by atoms with Gasteiger partial charge in [-0.05, 0) is 22.1 Å². The lowest BCUT2D eigenvalue weighted by atomic mass is 10.1. The van der Waals surface area contributed by atoms with E-state index in [4.69, 9.17) is 0 Å². The van der Waals surface area contributed by atoms with E-state index in [-0.39, 0.29) is 18.3 Å². The van der Waals surface area contributed by atoms with Crippen LogP contribution in [0.1, 0.15) is 17.2 Å². The molecule has 0 aliphatic carbocycles. The Morgan fingerprint density at radius 1 is 1.12 bits per heavy atom. The maximum atomic E-state index is 13.7. The van der Waals surface area contributed by atoms with E-state index >= 15 is 0 Å². The van der Waals surface area contributed by atoms with Crippen LogP contribution in [-0.4, -0.2) is 26.1 Å². The summed E-state index contributed by atoms with van der Waals surface area (Å²) in [7, 11) is 0. The summed E-state index contributed by atoms with van der Waals surface area (Å²) in [4.78, 5) is 12.6. The molecular weight excluding hydrogens is 309 g/mol. The maximum Gasteiger partial charge on any atom is 0.245 e. The maximum absolute atomic E-state index is 13.7. The molecule has 0 spiro atoms. The van der Waals surface area contributed by atoms with Gasteiger partial charge >= 0.3 is 0 Å². The molecule has 1 unspecified atom stereocenters. The molecular formula is C17H16FN5O. The summed E-state index contributed by atoms with van der Waals surface area (Å²) in [6.45, 7) is 0.110. The molecule has 0 radical (unpaired) electrons. The number of nitrogens with zero attached hydrogens (tertiary/aromatic N) is 4. The number of nitrogens with one attached hydrogen (secondary N) is 1. The standard InChI is InChI=1S/C17H16FN5O/c18-15-9-5-4-8-14(15)11-19-17(24)16(23-12-20-21-22-23)10-13-6-2-1-3-7-13/h1-9,12,16H,10-11H2,(H,19,24). The Balaban J connectivity index is 1.73. The molecule has 0 aliphatic heterocycles. The van der Waals surface area contributed by atoms with E-state index in [0.717, 1.165) is 5.56 Å². The summed E-state index contributed by atoms with van der Waals surface area (Å²) in [5, 5.41) is 13.8. The van der Waals surface area contributed by atoms with Crippen molar-refractivity contribution in [1.29, 1.82) is 0 Å². The molecule has 0 saturated carbocycles. The fourth-order valence-electron chi connectivity index (χ4n) is 2.40. The predicted octanol–water partition coefficient (Wildman–Crippen LogP) is 1.91. The lowest BCUT2D eigenvalue weighted by Gasteiger charge is -2.16. The van der Waals surface area contributed by atoms with Crippen molar-refractivity contribution in [3.63, 3.8) is 0 Å². The van der Waals surface area contributed by atoms with E-state index in [1.807, 2.05) is 30.3 Å². The van der Waals surface area contributed by atoms with Crippen LogP contribution in [0.5, 0.6) is 0 Å². The van der Waals surface area contributed by atoms with E-state index in [2.05, 4.69) is 20.8 Å². The Hall–Kier alpha value is -3.09. The monoisotopic (exact) mass is 325 g/mol.